The number of nitrogens with one attached hydrogen (secondary N) is 2. The fraction of sp³-hybridized carbons (Fsp3) is 0.136. The number of aliphatic imine (C=N–C) groups is 1. The molecule has 0 unspecified atom stereocenters. The van der Waals surface area contributed by atoms with E-state index in [1.165, 1.54) is 18.2 Å². The Morgan fingerprint density at radius 3 is 2.77 bits per heavy atom. The van der Waals surface area contributed by atoms with Gasteiger partial charge in [0.05, 0.1) is 5.69 Å². The van der Waals surface area contributed by atoms with Crippen molar-refractivity contribution in [3.05, 3.63) is 92.5 Å². The summed E-state index contributed by atoms with van der Waals surface area (Å²) in [7, 11) is 0. The van der Waals surface area contributed by atoms with Gasteiger partial charge in [0.15, 0.2) is 0 Å². The van der Waals surface area contributed by atoms with E-state index in [1.54, 1.807) is 6.92 Å². The first-order valence-electron chi connectivity index (χ1n) is 9.36. The third kappa shape index (κ3) is 3.55. The first-order chi connectivity index (χ1) is 14.5. The fourth-order valence-electron chi connectivity index (χ4n) is 3.47. The fourth-order valence-corrected chi connectivity index (χ4v) is 3.47. The summed E-state index contributed by atoms with van der Waals surface area (Å²) in [5.41, 5.74) is 0.754. The molecule has 2 aromatic carbocycles. The van der Waals surface area contributed by atoms with Gasteiger partial charge >= 0.3 is 5.69 Å². The number of benzene rings is 2. The molecule has 152 valence electrons. The van der Waals surface area contributed by atoms with E-state index in [0.717, 1.165) is 27.1 Å². The number of hydrogen-bond donors (Lipinski definition) is 3. The highest BCUT2D eigenvalue weighted by Gasteiger charge is 2.18. The van der Waals surface area contributed by atoms with Crippen LogP contribution in [0.2, 0.25) is 0 Å². The maximum Gasteiger partial charge on any atom is 0.335 e. The van der Waals surface area contributed by atoms with Crippen LogP contribution < -0.4 is 11.2 Å². The zero-order valence-electron chi connectivity index (χ0n) is 16.1. The van der Waals surface area contributed by atoms with Gasteiger partial charge in [-0.25, -0.2) is 13.8 Å². The Morgan fingerprint density at radius 2 is 1.97 bits per heavy atom. The van der Waals surface area contributed by atoms with Crippen molar-refractivity contribution < 1.29 is 9.50 Å². The molecule has 0 fully saturated rings. The molecule has 2 aromatic heterocycles. The minimum Gasteiger partial charge on any atom is -0.493 e. The zero-order valence-corrected chi connectivity index (χ0v) is 16.1. The summed E-state index contributed by atoms with van der Waals surface area (Å²) >= 11 is 0. The number of H-pyrrole nitrogens is 2. The molecule has 0 atom stereocenters. The molecule has 0 bridgehead atoms. The van der Waals surface area contributed by atoms with Gasteiger partial charge in [-0.05, 0) is 43.2 Å². The topological polar surface area (TPSA) is 103 Å². The summed E-state index contributed by atoms with van der Waals surface area (Å²) in [6.07, 6.45) is 2.55. The van der Waals surface area contributed by atoms with Gasteiger partial charge in [0.25, 0.3) is 5.56 Å². The van der Waals surface area contributed by atoms with Crippen molar-refractivity contribution in [3.8, 4) is 11.6 Å². The third-order valence-corrected chi connectivity index (χ3v) is 4.92. The van der Waals surface area contributed by atoms with Crippen molar-refractivity contribution in [1.82, 2.24) is 14.5 Å². The minimum atomic E-state index is -0.863. The van der Waals surface area contributed by atoms with Crippen LogP contribution in [0.5, 0.6) is 5.88 Å². The second-order valence-electron chi connectivity index (χ2n) is 6.85. The number of aromatic hydroxyl groups is 1. The van der Waals surface area contributed by atoms with E-state index in [4.69, 9.17) is 0 Å². The highest BCUT2D eigenvalue weighted by molar-refractivity contribution is 6.00. The molecule has 0 saturated heterocycles. The van der Waals surface area contributed by atoms with Gasteiger partial charge < -0.3 is 10.1 Å². The molecule has 30 heavy (non-hydrogen) atoms. The standard InChI is InChI=1S/C22H19FN4O3/c1-13(24-10-9-14-12-25-18-8-3-2-7-17(14)18)19-20(28)26-22(30)27(21(19)29)16-6-4-5-15(23)11-16/h2-8,11-12,25,29H,9-10H2,1H3,(H,26,28,30). The highest BCUT2D eigenvalue weighted by atomic mass is 19.1. The minimum absolute atomic E-state index is 0.0987. The van der Waals surface area contributed by atoms with Gasteiger partial charge in [-0.15, -0.1) is 0 Å². The van der Waals surface area contributed by atoms with E-state index in [9.17, 15) is 19.1 Å². The second kappa shape index (κ2) is 7.82. The molecule has 4 rings (SSSR count). The van der Waals surface area contributed by atoms with Gasteiger partial charge in [-0.1, -0.05) is 24.3 Å². The number of aromatic nitrogens is 3. The first kappa shape index (κ1) is 19.4. The van der Waals surface area contributed by atoms with Crippen molar-refractivity contribution in [1.29, 1.82) is 0 Å². The Kier molecular flexibility index (Phi) is 5.05. The summed E-state index contributed by atoms with van der Waals surface area (Å²) < 4.78 is 14.4. The van der Waals surface area contributed by atoms with E-state index in [1.807, 2.05) is 30.5 Å². The summed E-state index contributed by atoms with van der Waals surface area (Å²) in [4.78, 5) is 34.3. The van der Waals surface area contributed by atoms with Gasteiger partial charge in [-0.3, -0.25) is 14.8 Å². The molecule has 0 saturated carbocycles. The van der Waals surface area contributed by atoms with E-state index < -0.39 is 22.9 Å². The third-order valence-electron chi connectivity index (χ3n) is 4.92. The Hall–Kier alpha value is -3.94. The van der Waals surface area contributed by atoms with Gasteiger partial charge in [-0.2, -0.15) is 0 Å². The molecule has 8 heteroatoms. The van der Waals surface area contributed by atoms with E-state index in [-0.39, 0.29) is 17.0 Å². The van der Waals surface area contributed by atoms with E-state index >= 15 is 0 Å². The number of para-hydroxylation sites is 1. The maximum absolute atomic E-state index is 13.6. The molecule has 3 N–H and O–H groups in total. The number of hydrogen-bond acceptors (Lipinski definition) is 4. The lowest BCUT2D eigenvalue weighted by Crippen LogP contribution is -2.32. The number of halogens is 1. The molecule has 7 nitrogen and oxygen atoms in total. The van der Waals surface area contributed by atoms with E-state index in [2.05, 4.69) is 15.0 Å². The van der Waals surface area contributed by atoms with Crippen LogP contribution in [0, 0.1) is 5.82 Å². The van der Waals surface area contributed by atoms with Crippen molar-refractivity contribution in [2.75, 3.05) is 6.54 Å². The van der Waals surface area contributed by atoms with Crippen LogP contribution in [0.25, 0.3) is 16.6 Å². The number of aromatic amines is 2. The Balaban J connectivity index is 1.66. The van der Waals surface area contributed by atoms with Crippen LogP contribution in [0.15, 0.2) is 69.3 Å². The van der Waals surface area contributed by atoms with Crippen molar-refractivity contribution in [2.24, 2.45) is 4.99 Å². The second-order valence-corrected chi connectivity index (χ2v) is 6.85. The highest BCUT2D eigenvalue weighted by Crippen LogP contribution is 2.19. The summed E-state index contributed by atoms with van der Waals surface area (Å²) in [6, 6.07) is 13.1. The van der Waals surface area contributed by atoms with Crippen molar-refractivity contribution in [3.63, 3.8) is 0 Å². The summed E-state index contributed by atoms with van der Waals surface area (Å²) in [5.74, 6) is -1.15. The van der Waals surface area contributed by atoms with Crippen LogP contribution >= 0.6 is 0 Å². The molecule has 0 radical (unpaired) electrons. The summed E-state index contributed by atoms with van der Waals surface area (Å²) in [6.45, 7) is 1.96. The van der Waals surface area contributed by atoms with Crippen molar-refractivity contribution in [2.45, 2.75) is 13.3 Å². The van der Waals surface area contributed by atoms with Crippen LogP contribution in [-0.2, 0) is 6.42 Å². The van der Waals surface area contributed by atoms with Crippen LogP contribution in [-0.4, -0.2) is 31.9 Å². The van der Waals surface area contributed by atoms with Crippen molar-refractivity contribution >= 4 is 16.6 Å². The molecular formula is C22H19FN4O3. The SMILES string of the molecule is CC(=NCCc1c[nH]c2ccccc12)c1c(O)n(-c2cccc(F)c2)c(=O)[nH]c1=O. The van der Waals surface area contributed by atoms with Gasteiger partial charge in [0.1, 0.15) is 11.4 Å². The van der Waals surface area contributed by atoms with Gasteiger partial charge in [0, 0.05) is 29.4 Å². The molecule has 0 aliphatic rings. The molecular weight excluding hydrogens is 387 g/mol. The predicted octanol–water partition coefficient (Wildman–Crippen LogP) is 2.90. The number of rotatable bonds is 5. The smallest absolute Gasteiger partial charge is 0.335 e. The lowest BCUT2D eigenvalue weighted by Gasteiger charge is -2.11. The van der Waals surface area contributed by atoms with Crippen LogP contribution in [0.4, 0.5) is 4.39 Å². The Bertz CT molecular complexity index is 1380. The largest absolute Gasteiger partial charge is 0.493 e. The maximum atomic E-state index is 13.6. The van der Waals surface area contributed by atoms with Crippen LogP contribution in [0.3, 0.4) is 0 Å². The average molecular weight is 406 g/mol. The van der Waals surface area contributed by atoms with Crippen LogP contribution in [0.1, 0.15) is 18.1 Å². The van der Waals surface area contributed by atoms with Gasteiger partial charge in [0.2, 0.25) is 5.88 Å². The normalized spacial score (nSPS) is 11.9. The molecule has 0 aliphatic heterocycles. The molecule has 4 aromatic rings. The van der Waals surface area contributed by atoms with E-state index in [0.29, 0.717) is 13.0 Å². The Labute approximate surface area is 170 Å². The number of fused-ring (bicyclic) bond motifs is 1. The zero-order chi connectivity index (χ0) is 21.3. The molecule has 0 spiro atoms. The predicted molar refractivity (Wildman–Crippen MR) is 113 cm³/mol. The first-order valence-corrected chi connectivity index (χ1v) is 9.36. The monoisotopic (exact) mass is 406 g/mol. The summed E-state index contributed by atoms with van der Waals surface area (Å²) in [5, 5.41) is 11.7. The Morgan fingerprint density at radius 1 is 1.17 bits per heavy atom. The number of nitrogens with zero attached hydrogens (tertiary/aromatic N) is 2. The lowest BCUT2D eigenvalue weighted by atomic mass is 10.1. The molecule has 2 heterocycles. The lowest BCUT2D eigenvalue weighted by molar-refractivity contribution is 0.429. The average Bonchev–Trinajstić information content (AvgIpc) is 3.11. The molecule has 0 aliphatic carbocycles. The quantitative estimate of drug-likeness (QED) is 0.444. The molecule has 0 amide bonds.